The van der Waals surface area contributed by atoms with E-state index in [1.807, 2.05) is 45.0 Å². The van der Waals surface area contributed by atoms with Crippen molar-refractivity contribution < 1.29 is 19.1 Å². The van der Waals surface area contributed by atoms with Gasteiger partial charge in [0.1, 0.15) is 0 Å². The largest absolute Gasteiger partial charge is 0.490 e. The number of carbonyl (C=O) groups excluding carboxylic acids is 2. The Bertz CT molecular complexity index is 754. The van der Waals surface area contributed by atoms with Crippen molar-refractivity contribution >= 4 is 17.5 Å². The molecule has 0 aliphatic rings. The number of rotatable bonds is 8. The van der Waals surface area contributed by atoms with Gasteiger partial charge in [-0.3, -0.25) is 9.59 Å². The first-order valence-corrected chi connectivity index (χ1v) is 8.48. The number of anilines is 1. The van der Waals surface area contributed by atoms with Gasteiger partial charge in [-0.15, -0.1) is 0 Å². The van der Waals surface area contributed by atoms with E-state index in [1.54, 1.807) is 18.2 Å². The highest BCUT2D eigenvalue weighted by Crippen LogP contribution is 2.26. The van der Waals surface area contributed by atoms with Crippen LogP contribution in [0.5, 0.6) is 11.5 Å². The molecule has 0 unspecified atom stereocenters. The van der Waals surface area contributed by atoms with Gasteiger partial charge in [0.05, 0.1) is 13.2 Å². The molecule has 0 bridgehead atoms. The average molecular weight is 356 g/mol. The van der Waals surface area contributed by atoms with Gasteiger partial charge in [0.2, 0.25) is 5.91 Å². The predicted molar refractivity (Wildman–Crippen MR) is 101 cm³/mol. The number of nitrogens with one attached hydrogen (secondary N) is 2. The topological polar surface area (TPSA) is 76.7 Å². The van der Waals surface area contributed by atoms with Crippen LogP contribution in [0.25, 0.3) is 0 Å². The van der Waals surface area contributed by atoms with E-state index < -0.39 is 0 Å². The lowest BCUT2D eigenvalue weighted by Gasteiger charge is -2.13. The first kappa shape index (κ1) is 19.3. The van der Waals surface area contributed by atoms with Gasteiger partial charge in [-0.25, -0.2) is 0 Å². The summed E-state index contributed by atoms with van der Waals surface area (Å²) in [6.45, 7) is 5.91. The summed E-state index contributed by atoms with van der Waals surface area (Å²) in [5.74, 6) is 0.401. The van der Waals surface area contributed by atoms with Crippen molar-refractivity contribution in [1.82, 2.24) is 5.32 Å². The van der Waals surface area contributed by atoms with Crippen molar-refractivity contribution in [1.29, 1.82) is 0 Å². The van der Waals surface area contributed by atoms with Crippen molar-refractivity contribution in [2.24, 2.45) is 0 Å². The van der Waals surface area contributed by atoms with Crippen molar-refractivity contribution in [3.05, 3.63) is 53.6 Å². The first-order valence-electron chi connectivity index (χ1n) is 8.48. The Balaban J connectivity index is 1.81. The van der Waals surface area contributed by atoms with Gasteiger partial charge >= 0.3 is 0 Å². The standard InChI is InChI=1S/C20H24N2O4/c1-4-25-16-10-5-6-11-17(16)26-13-19(24)21-12-18(23)22-20-14(2)8-7-9-15(20)3/h5-11H,4,12-13H2,1-3H3,(H,21,24)(H,22,23). The third kappa shape index (κ3) is 5.51. The summed E-state index contributed by atoms with van der Waals surface area (Å²) < 4.78 is 10.9. The summed E-state index contributed by atoms with van der Waals surface area (Å²) in [4.78, 5) is 24.0. The highest BCUT2D eigenvalue weighted by atomic mass is 16.5. The SMILES string of the molecule is CCOc1ccccc1OCC(=O)NCC(=O)Nc1c(C)cccc1C. The summed E-state index contributed by atoms with van der Waals surface area (Å²) in [6, 6.07) is 12.9. The van der Waals surface area contributed by atoms with E-state index in [0.717, 1.165) is 16.8 Å². The van der Waals surface area contributed by atoms with E-state index >= 15 is 0 Å². The second-order valence-corrected chi connectivity index (χ2v) is 5.76. The maximum atomic E-state index is 12.0. The summed E-state index contributed by atoms with van der Waals surface area (Å²) in [6.07, 6.45) is 0. The number of hydrogen-bond donors (Lipinski definition) is 2. The van der Waals surface area contributed by atoms with Crippen molar-refractivity contribution in [2.45, 2.75) is 20.8 Å². The van der Waals surface area contributed by atoms with Crippen LogP contribution >= 0.6 is 0 Å². The molecular formula is C20H24N2O4. The number of para-hydroxylation sites is 3. The molecule has 2 rings (SSSR count). The van der Waals surface area contributed by atoms with Crippen molar-refractivity contribution in [3.63, 3.8) is 0 Å². The highest BCUT2D eigenvalue weighted by molar-refractivity contribution is 5.95. The first-order chi connectivity index (χ1) is 12.5. The fourth-order valence-electron chi connectivity index (χ4n) is 2.41. The second kappa shape index (κ2) is 9.46. The van der Waals surface area contributed by atoms with Crippen LogP contribution in [-0.2, 0) is 9.59 Å². The van der Waals surface area contributed by atoms with Crippen LogP contribution in [-0.4, -0.2) is 31.6 Å². The van der Waals surface area contributed by atoms with Crippen LogP contribution in [0.3, 0.4) is 0 Å². The van der Waals surface area contributed by atoms with E-state index in [9.17, 15) is 9.59 Å². The lowest BCUT2D eigenvalue weighted by molar-refractivity contribution is -0.125. The molecule has 0 fully saturated rings. The van der Waals surface area contributed by atoms with E-state index in [4.69, 9.17) is 9.47 Å². The molecule has 6 nitrogen and oxygen atoms in total. The summed E-state index contributed by atoms with van der Waals surface area (Å²) in [7, 11) is 0. The number of ether oxygens (including phenoxy) is 2. The molecule has 2 N–H and O–H groups in total. The molecule has 26 heavy (non-hydrogen) atoms. The molecule has 2 aromatic rings. The van der Waals surface area contributed by atoms with Crippen LogP contribution in [0.1, 0.15) is 18.1 Å². The quantitative estimate of drug-likeness (QED) is 0.762. The lowest BCUT2D eigenvalue weighted by atomic mass is 10.1. The van der Waals surface area contributed by atoms with Gasteiger partial charge in [0.15, 0.2) is 18.1 Å². The Hall–Kier alpha value is -3.02. The van der Waals surface area contributed by atoms with Crippen LogP contribution in [0.2, 0.25) is 0 Å². The minimum Gasteiger partial charge on any atom is -0.490 e. The zero-order chi connectivity index (χ0) is 18.9. The lowest BCUT2D eigenvalue weighted by Crippen LogP contribution is -2.36. The number of amides is 2. The minimum atomic E-state index is -0.382. The van der Waals surface area contributed by atoms with E-state index in [2.05, 4.69) is 10.6 Å². The van der Waals surface area contributed by atoms with Gasteiger partial charge < -0.3 is 20.1 Å². The molecule has 2 amide bonds. The van der Waals surface area contributed by atoms with Crippen LogP contribution in [0.4, 0.5) is 5.69 Å². The van der Waals surface area contributed by atoms with E-state index in [1.165, 1.54) is 0 Å². The molecule has 0 aliphatic carbocycles. The number of carbonyl (C=O) groups is 2. The van der Waals surface area contributed by atoms with Crippen LogP contribution < -0.4 is 20.1 Å². The molecular weight excluding hydrogens is 332 g/mol. The molecule has 138 valence electrons. The number of aryl methyl sites for hydroxylation is 2. The fourth-order valence-corrected chi connectivity index (χ4v) is 2.41. The van der Waals surface area contributed by atoms with Crippen LogP contribution in [0.15, 0.2) is 42.5 Å². The molecule has 0 heterocycles. The molecule has 0 aromatic heterocycles. The molecule has 2 aromatic carbocycles. The summed E-state index contributed by atoms with van der Waals surface area (Å²) in [5.41, 5.74) is 2.72. The molecule has 0 atom stereocenters. The molecule has 0 aliphatic heterocycles. The number of benzene rings is 2. The van der Waals surface area contributed by atoms with Gasteiger partial charge in [0.25, 0.3) is 5.91 Å². The third-order valence-electron chi connectivity index (χ3n) is 3.70. The molecule has 6 heteroatoms. The predicted octanol–water partition coefficient (Wildman–Crippen LogP) is 2.84. The average Bonchev–Trinajstić information content (AvgIpc) is 2.62. The second-order valence-electron chi connectivity index (χ2n) is 5.76. The van der Waals surface area contributed by atoms with E-state index in [0.29, 0.717) is 18.1 Å². The Morgan fingerprint density at radius 1 is 0.885 bits per heavy atom. The Morgan fingerprint density at radius 2 is 1.50 bits per heavy atom. The molecule has 0 radical (unpaired) electrons. The van der Waals surface area contributed by atoms with E-state index in [-0.39, 0.29) is 25.0 Å². The van der Waals surface area contributed by atoms with Gasteiger partial charge in [0, 0.05) is 5.69 Å². The molecule has 0 saturated carbocycles. The smallest absolute Gasteiger partial charge is 0.258 e. The Morgan fingerprint density at radius 3 is 2.12 bits per heavy atom. The zero-order valence-corrected chi connectivity index (χ0v) is 15.3. The Labute approximate surface area is 153 Å². The third-order valence-corrected chi connectivity index (χ3v) is 3.70. The zero-order valence-electron chi connectivity index (χ0n) is 15.3. The fraction of sp³-hybridized carbons (Fsp3) is 0.300. The highest BCUT2D eigenvalue weighted by Gasteiger charge is 2.10. The maximum Gasteiger partial charge on any atom is 0.258 e. The maximum absolute atomic E-state index is 12.0. The van der Waals surface area contributed by atoms with Crippen molar-refractivity contribution in [2.75, 3.05) is 25.1 Å². The van der Waals surface area contributed by atoms with Gasteiger partial charge in [-0.1, -0.05) is 30.3 Å². The van der Waals surface area contributed by atoms with Gasteiger partial charge in [-0.2, -0.15) is 0 Å². The van der Waals surface area contributed by atoms with Crippen LogP contribution in [0, 0.1) is 13.8 Å². The number of hydrogen-bond acceptors (Lipinski definition) is 4. The normalized spacial score (nSPS) is 10.1. The molecule has 0 saturated heterocycles. The van der Waals surface area contributed by atoms with Crippen molar-refractivity contribution in [3.8, 4) is 11.5 Å². The molecule has 0 spiro atoms. The summed E-state index contributed by atoms with van der Waals surface area (Å²) >= 11 is 0. The minimum absolute atomic E-state index is 0.122. The monoisotopic (exact) mass is 356 g/mol. The summed E-state index contributed by atoms with van der Waals surface area (Å²) in [5, 5.41) is 5.37. The van der Waals surface area contributed by atoms with Gasteiger partial charge in [-0.05, 0) is 44.0 Å². The Kier molecular flexibility index (Phi) is 7.02.